The van der Waals surface area contributed by atoms with E-state index in [1.165, 1.54) is 38.5 Å². The highest BCUT2D eigenvalue weighted by Crippen LogP contribution is 2.26. The molecular weight excluding hydrogens is 238 g/mol. The summed E-state index contributed by atoms with van der Waals surface area (Å²) in [4.78, 5) is 16.6. The SMILES string of the molecule is CCCNCC1CCCCN1CC(=O)N(C)C1CC1. The maximum absolute atomic E-state index is 12.2. The van der Waals surface area contributed by atoms with Crippen LogP contribution in [0.25, 0.3) is 0 Å². The molecule has 0 aromatic carbocycles. The van der Waals surface area contributed by atoms with Gasteiger partial charge in [-0.15, -0.1) is 0 Å². The molecule has 0 aromatic rings. The number of carbonyl (C=O) groups excluding carboxylic acids is 1. The summed E-state index contributed by atoms with van der Waals surface area (Å²) in [5, 5.41) is 3.51. The molecule has 110 valence electrons. The molecule has 1 heterocycles. The fourth-order valence-corrected chi connectivity index (χ4v) is 2.90. The zero-order valence-corrected chi connectivity index (χ0v) is 12.5. The van der Waals surface area contributed by atoms with Gasteiger partial charge in [-0.1, -0.05) is 13.3 Å². The average Bonchev–Trinajstić information content (AvgIpc) is 3.24. The molecule has 0 bridgehead atoms. The topological polar surface area (TPSA) is 35.6 Å². The van der Waals surface area contributed by atoms with Crippen molar-refractivity contribution in [2.75, 3.05) is 33.2 Å². The van der Waals surface area contributed by atoms with Crippen LogP contribution < -0.4 is 5.32 Å². The van der Waals surface area contributed by atoms with Crippen molar-refractivity contribution < 1.29 is 4.79 Å². The zero-order chi connectivity index (χ0) is 13.7. The third-order valence-electron chi connectivity index (χ3n) is 4.38. The van der Waals surface area contributed by atoms with Crippen molar-refractivity contribution in [1.82, 2.24) is 15.1 Å². The van der Waals surface area contributed by atoms with E-state index in [-0.39, 0.29) is 0 Å². The van der Waals surface area contributed by atoms with Crippen molar-refractivity contribution in [1.29, 1.82) is 0 Å². The Bertz CT molecular complexity index is 291. The third kappa shape index (κ3) is 4.46. The van der Waals surface area contributed by atoms with Crippen molar-refractivity contribution in [2.45, 2.75) is 57.5 Å². The summed E-state index contributed by atoms with van der Waals surface area (Å²) in [6, 6.07) is 1.09. The number of amides is 1. The number of piperidine rings is 1. The van der Waals surface area contributed by atoms with E-state index in [1.807, 2.05) is 11.9 Å². The lowest BCUT2D eigenvalue weighted by atomic mass is 10.0. The van der Waals surface area contributed by atoms with Crippen molar-refractivity contribution in [3.8, 4) is 0 Å². The zero-order valence-electron chi connectivity index (χ0n) is 12.5. The van der Waals surface area contributed by atoms with Crippen LogP contribution in [0.1, 0.15) is 45.4 Å². The van der Waals surface area contributed by atoms with E-state index >= 15 is 0 Å². The normalized spacial score (nSPS) is 24.4. The second kappa shape index (κ2) is 7.25. The second-order valence-corrected chi connectivity index (χ2v) is 6.06. The molecule has 1 N–H and O–H groups in total. The van der Waals surface area contributed by atoms with Gasteiger partial charge in [-0.05, 0) is 45.2 Å². The molecule has 1 saturated heterocycles. The van der Waals surface area contributed by atoms with E-state index in [1.54, 1.807) is 0 Å². The number of likely N-dealkylation sites (tertiary alicyclic amines) is 1. The van der Waals surface area contributed by atoms with Gasteiger partial charge in [0.15, 0.2) is 0 Å². The van der Waals surface area contributed by atoms with Crippen molar-refractivity contribution >= 4 is 5.91 Å². The quantitative estimate of drug-likeness (QED) is 0.709. The fourth-order valence-electron chi connectivity index (χ4n) is 2.90. The molecule has 1 aliphatic heterocycles. The van der Waals surface area contributed by atoms with Gasteiger partial charge in [0.2, 0.25) is 5.91 Å². The first-order chi connectivity index (χ1) is 9.22. The third-order valence-corrected chi connectivity index (χ3v) is 4.38. The Labute approximate surface area is 117 Å². The monoisotopic (exact) mass is 267 g/mol. The van der Waals surface area contributed by atoms with Gasteiger partial charge in [-0.3, -0.25) is 9.69 Å². The number of nitrogens with one attached hydrogen (secondary N) is 1. The Morgan fingerprint density at radius 1 is 1.32 bits per heavy atom. The molecule has 4 heteroatoms. The van der Waals surface area contributed by atoms with Crippen LogP contribution in [0.15, 0.2) is 0 Å². The van der Waals surface area contributed by atoms with E-state index in [0.29, 0.717) is 24.5 Å². The largest absolute Gasteiger partial charge is 0.342 e. The molecule has 1 atom stereocenters. The smallest absolute Gasteiger partial charge is 0.236 e. The Kier molecular flexibility index (Phi) is 5.64. The van der Waals surface area contributed by atoms with E-state index in [4.69, 9.17) is 0 Å². The van der Waals surface area contributed by atoms with E-state index in [2.05, 4.69) is 17.1 Å². The molecule has 2 fully saturated rings. The Morgan fingerprint density at radius 3 is 2.79 bits per heavy atom. The van der Waals surface area contributed by atoms with Crippen molar-refractivity contribution in [3.63, 3.8) is 0 Å². The van der Waals surface area contributed by atoms with Crippen LogP contribution in [-0.2, 0) is 4.79 Å². The average molecular weight is 267 g/mol. The van der Waals surface area contributed by atoms with E-state index in [0.717, 1.165) is 19.6 Å². The highest BCUT2D eigenvalue weighted by molar-refractivity contribution is 5.78. The minimum atomic E-state index is 0.310. The summed E-state index contributed by atoms with van der Waals surface area (Å²) in [5.74, 6) is 0.310. The lowest BCUT2D eigenvalue weighted by Crippen LogP contribution is -2.50. The number of rotatable bonds is 7. The first-order valence-corrected chi connectivity index (χ1v) is 7.92. The van der Waals surface area contributed by atoms with Gasteiger partial charge in [0.25, 0.3) is 0 Å². The molecular formula is C15H29N3O. The van der Waals surface area contributed by atoms with Gasteiger partial charge in [0.1, 0.15) is 0 Å². The van der Waals surface area contributed by atoms with Gasteiger partial charge in [0.05, 0.1) is 6.54 Å². The van der Waals surface area contributed by atoms with Crippen LogP contribution in [0.5, 0.6) is 0 Å². The molecule has 1 saturated carbocycles. The Morgan fingerprint density at radius 2 is 2.11 bits per heavy atom. The van der Waals surface area contributed by atoms with Crippen LogP contribution in [-0.4, -0.2) is 61.0 Å². The lowest BCUT2D eigenvalue weighted by Gasteiger charge is -2.36. The maximum Gasteiger partial charge on any atom is 0.236 e. The van der Waals surface area contributed by atoms with Crippen molar-refractivity contribution in [2.24, 2.45) is 0 Å². The summed E-state index contributed by atoms with van der Waals surface area (Å²) in [6.07, 6.45) is 7.35. The minimum Gasteiger partial charge on any atom is -0.342 e. The summed E-state index contributed by atoms with van der Waals surface area (Å²) in [7, 11) is 1.97. The van der Waals surface area contributed by atoms with E-state index in [9.17, 15) is 4.79 Å². The number of hydrogen-bond donors (Lipinski definition) is 1. The van der Waals surface area contributed by atoms with Crippen LogP contribution >= 0.6 is 0 Å². The van der Waals surface area contributed by atoms with Crippen LogP contribution in [0.2, 0.25) is 0 Å². The lowest BCUT2D eigenvalue weighted by molar-refractivity contribution is -0.132. The molecule has 1 unspecified atom stereocenters. The first-order valence-electron chi connectivity index (χ1n) is 7.92. The molecule has 2 aliphatic rings. The number of hydrogen-bond acceptors (Lipinski definition) is 3. The highest BCUT2D eigenvalue weighted by atomic mass is 16.2. The summed E-state index contributed by atoms with van der Waals surface area (Å²) >= 11 is 0. The second-order valence-electron chi connectivity index (χ2n) is 6.06. The summed E-state index contributed by atoms with van der Waals surface area (Å²) in [5.41, 5.74) is 0. The molecule has 2 rings (SSSR count). The summed E-state index contributed by atoms with van der Waals surface area (Å²) in [6.45, 7) is 6.02. The highest BCUT2D eigenvalue weighted by Gasteiger charge is 2.31. The van der Waals surface area contributed by atoms with Crippen molar-refractivity contribution in [3.05, 3.63) is 0 Å². The van der Waals surface area contributed by atoms with Crippen LogP contribution in [0, 0.1) is 0 Å². The van der Waals surface area contributed by atoms with Gasteiger partial charge in [-0.2, -0.15) is 0 Å². The molecule has 1 amide bonds. The fraction of sp³-hybridized carbons (Fsp3) is 0.933. The standard InChI is InChI=1S/C15H29N3O/c1-3-9-16-11-14-6-4-5-10-18(14)12-15(19)17(2)13-7-8-13/h13-14,16H,3-12H2,1-2H3. The molecule has 1 aliphatic carbocycles. The molecule has 0 spiro atoms. The molecule has 19 heavy (non-hydrogen) atoms. The molecule has 4 nitrogen and oxygen atoms in total. The molecule has 0 radical (unpaired) electrons. The maximum atomic E-state index is 12.2. The van der Waals surface area contributed by atoms with E-state index < -0.39 is 0 Å². The first kappa shape index (κ1) is 14.8. The van der Waals surface area contributed by atoms with Crippen LogP contribution in [0.3, 0.4) is 0 Å². The van der Waals surface area contributed by atoms with Gasteiger partial charge >= 0.3 is 0 Å². The minimum absolute atomic E-state index is 0.310. The predicted molar refractivity (Wildman–Crippen MR) is 78.2 cm³/mol. The predicted octanol–water partition coefficient (Wildman–Crippen LogP) is 1.46. The Balaban J connectivity index is 1.79. The van der Waals surface area contributed by atoms with Gasteiger partial charge < -0.3 is 10.2 Å². The van der Waals surface area contributed by atoms with Gasteiger partial charge in [0, 0.05) is 25.7 Å². The number of carbonyl (C=O) groups is 1. The summed E-state index contributed by atoms with van der Waals surface area (Å²) < 4.78 is 0. The number of nitrogens with zero attached hydrogens (tertiary/aromatic N) is 2. The van der Waals surface area contributed by atoms with Gasteiger partial charge in [-0.25, -0.2) is 0 Å². The Hall–Kier alpha value is -0.610. The van der Waals surface area contributed by atoms with Crippen LogP contribution in [0.4, 0.5) is 0 Å². The molecule has 0 aromatic heterocycles. The number of likely N-dealkylation sites (N-methyl/N-ethyl adjacent to an activating group) is 1.